The summed E-state index contributed by atoms with van der Waals surface area (Å²) in [5, 5.41) is 2.72. The van der Waals surface area contributed by atoms with E-state index in [1.807, 2.05) is 26.0 Å². The Labute approximate surface area is 188 Å². The van der Waals surface area contributed by atoms with Crippen LogP contribution in [0.1, 0.15) is 18.1 Å². The Kier molecular flexibility index (Phi) is 7.05. The Bertz CT molecular complexity index is 1210. The van der Waals surface area contributed by atoms with Crippen LogP contribution in [-0.2, 0) is 14.8 Å². The van der Waals surface area contributed by atoms with Gasteiger partial charge in [0.1, 0.15) is 11.5 Å². The number of ether oxygens (including phenoxy) is 2. The van der Waals surface area contributed by atoms with Crippen LogP contribution >= 0.6 is 0 Å². The molecule has 0 fully saturated rings. The standard InChI is InChI=1S/C24H26N2O5S/c1-16-8-13-23(17(2)14-16)26-32(28,29)22-11-9-19(10-12-22)25-24(27)18(3)31-21-7-5-6-20(15-21)30-4/h5-15,18,26H,1-4H3,(H,25,27). The quantitative estimate of drug-likeness (QED) is 0.522. The first-order valence-electron chi connectivity index (χ1n) is 9.99. The summed E-state index contributed by atoms with van der Waals surface area (Å²) < 4.78 is 38.8. The van der Waals surface area contributed by atoms with Gasteiger partial charge in [0.05, 0.1) is 17.7 Å². The third-order valence-corrected chi connectivity index (χ3v) is 6.16. The van der Waals surface area contributed by atoms with Crippen molar-refractivity contribution in [2.24, 2.45) is 0 Å². The number of carbonyl (C=O) groups excluding carboxylic acids is 1. The zero-order chi connectivity index (χ0) is 23.3. The number of rotatable bonds is 8. The van der Waals surface area contributed by atoms with Gasteiger partial charge in [-0.15, -0.1) is 0 Å². The molecular weight excluding hydrogens is 428 g/mol. The van der Waals surface area contributed by atoms with Gasteiger partial charge in [-0.1, -0.05) is 23.8 Å². The molecule has 168 valence electrons. The fourth-order valence-electron chi connectivity index (χ4n) is 3.03. The zero-order valence-corrected chi connectivity index (χ0v) is 19.2. The van der Waals surface area contributed by atoms with E-state index in [9.17, 15) is 13.2 Å². The van der Waals surface area contributed by atoms with E-state index in [0.717, 1.165) is 11.1 Å². The average Bonchev–Trinajstić information content (AvgIpc) is 2.76. The van der Waals surface area contributed by atoms with Crippen LogP contribution in [-0.4, -0.2) is 27.5 Å². The fourth-order valence-corrected chi connectivity index (χ4v) is 4.16. The molecule has 8 heteroatoms. The van der Waals surface area contributed by atoms with Crippen molar-refractivity contribution >= 4 is 27.3 Å². The number of methoxy groups -OCH3 is 1. The first-order chi connectivity index (χ1) is 15.2. The average molecular weight is 455 g/mol. The molecule has 0 aliphatic rings. The van der Waals surface area contributed by atoms with Crippen LogP contribution in [0.25, 0.3) is 0 Å². The second-order valence-corrected chi connectivity index (χ2v) is 9.06. The van der Waals surface area contributed by atoms with E-state index in [1.54, 1.807) is 44.4 Å². The van der Waals surface area contributed by atoms with Gasteiger partial charge in [-0.25, -0.2) is 8.42 Å². The van der Waals surface area contributed by atoms with Crippen molar-refractivity contribution in [2.75, 3.05) is 17.1 Å². The molecule has 3 rings (SSSR count). The molecule has 0 bridgehead atoms. The summed E-state index contributed by atoms with van der Waals surface area (Å²) in [4.78, 5) is 12.6. The number of anilines is 2. The first-order valence-corrected chi connectivity index (χ1v) is 11.5. The monoisotopic (exact) mass is 454 g/mol. The van der Waals surface area contributed by atoms with E-state index >= 15 is 0 Å². The van der Waals surface area contributed by atoms with Gasteiger partial charge >= 0.3 is 0 Å². The van der Waals surface area contributed by atoms with Gasteiger partial charge in [0.15, 0.2) is 6.10 Å². The molecule has 1 amide bonds. The van der Waals surface area contributed by atoms with Crippen molar-refractivity contribution in [3.63, 3.8) is 0 Å². The summed E-state index contributed by atoms with van der Waals surface area (Å²) in [6.07, 6.45) is -0.767. The van der Waals surface area contributed by atoms with E-state index in [4.69, 9.17) is 9.47 Å². The highest BCUT2D eigenvalue weighted by molar-refractivity contribution is 7.92. The number of hydrogen-bond donors (Lipinski definition) is 2. The first kappa shape index (κ1) is 23.1. The summed E-state index contributed by atoms with van der Waals surface area (Å²) in [7, 11) is -2.20. The third-order valence-electron chi connectivity index (χ3n) is 4.78. The van der Waals surface area contributed by atoms with E-state index in [1.165, 1.54) is 24.3 Å². The Morgan fingerprint density at radius 3 is 2.28 bits per heavy atom. The van der Waals surface area contributed by atoms with Crippen LogP contribution in [0.15, 0.2) is 71.6 Å². The molecule has 0 aliphatic carbocycles. The Morgan fingerprint density at radius 2 is 1.62 bits per heavy atom. The lowest BCUT2D eigenvalue weighted by atomic mass is 10.1. The molecule has 3 aromatic rings. The molecule has 0 saturated carbocycles. The van der Waals surface area contributed by atoms with Crippen molar-refractivity contribution in [3.05, 3.63) is 77.9 Å². The summed E-state index contributed by atoms with van der Waals surface area (Å²) in [5.74, 6) is 0.768. The van der Waals surface area contributed by atoms with Crippen LogP contribution in [0, 0.1) is 13.8 Å². The maximum Gasteiger partial charge on any atom is 0.265 e. The molecule has 1 unspecified atom stereocenters. The van der Waals surface area contributed by atoms with Gasteiger partial charge in [0, 0.05) is 11.8 Å². The molecule has 1 atom stereocenters. The van der Waals surface area contributed by atoms with Gasteiger partial charge < -0.3 is 14.8 Å². The topological polar surface area (TPSA) is 93.7 Å². The molecule has 0 radical (unpaired) electrons. The minimum atomic E-state index is -3.76. The fraction of sp³-hybridized carbons (Fsp3) is 0.208. The smallest absolute Gasteiger partial charge is 0.265 e. The summed E-state index contributed by atoms with van der Waals surface area (Å²) in [6.45, 7) is 5.42. The van der Waals surface area contributed by atoms with Crippen molar-refractivity contribution in [3.8, 4) is 11.5 Å². The van der Waals surface area contributed by atoms with Gasteiger partial charge in [-0.3, -0.25) is 9.52 Å². The molecule has 3 aromatic carbocycles. The number of benzene rings is 3. The Morgan fingerprint density at radius 1 is 0.938 bits per heavy atom. The summed E-state index contributed by atoms with van der Waals surface area (Å²) >= 11 is 0. The lowest BCUT2D eigenvalue weighted by Crippen LogP contribution is -2.30. The molecular formula is C24H26N2O5S. The van der Waals surface area contributed by atoms with Gasteiger partial charge in [-0.05, 0) is 68.8 Å². The lowest BCUT2D eigenvalue weighted by Gasteiger charge is -2.15. The lowest BCUT2D eigenvalue weighted by molar-refractivity contribution is -0.122. The number of sulfonamides is 1. The minimum Gasteiger partial charge on any atom is -0.497 e. The van der Waals surface area contributed by atoms with Crippen molar-refractivity contribution in [1.82, 2.24) is 0 Å². The predicted octanol–water partition coefficient (Wildman–Crippen LogP) is 4.52. The van der Waals surface area contributed by atoms with E-state index in [-0.39, 0.29) is 10.8 Å². The largest absolute Gasteiger partial charge is 0.497 e. The van der Waals surface area contributed by atoms with Crippen LogP contribution in [0.4, 0.5) is 11.4 Å². The Balaban J connectivity index is 1.64. The number of hydrogen-bond acceptors (Lipinski definition) is 5. The van der Waals surface area contributed by atoms with E-state index in [2.05, 4.69) is 10.0 Å². The SMILES string of the molecule is COc1cccc(OC(C)C(=O)Nc2ccc(S(=O)(=O)Nc3ccc(C)cc3C)cc2)c1. The number of aryl methyl sites for hydroxylation is 2. The molecule has 32 heavy (non-hydrogen) atoms. The van der Waals surface area contributed by atoms with Gasteiger partial charge in [0.25, 0.3) is 15.9 Å². The molecule has 0 aromatic heterocycles. The molecule has 0 heterocycles. The number of amides is 1. The van der Waals surface area contributed by atoms with Gasteiger partial charge in [-0.2, -0.15) is 0 Å². The predicted molar refractivity (Wildman–Crippen MR) is 125 cm³/mol. The highest BCUT2D eigenvalue weighted by Crippen LogP contribution is 2.23. The maximum absolute atomic E-state index is 12.7. The molecule has 0 spiro atoms. The second-order valence-electron chi connectivity index (χ2n) is 7.38. The van der Waals surface area contributed by atoms with Crippen molar-refractivity contribution in [1.29, 1.82) is 0 Å². The summed E-state index contributed by atoms with van der Waals surface area (Å²) in [5.41, 5.74) is 2.87. The van der Waals surface area contributed by atoms with E-state index in [0.29, 0.717) is 22.9 Å². The third kappa shape index (κ3) is 5.79. The van der Waals surface area contributed by atoms with Gasteiger partial charge in [0.2, 0.25) is 0 Å². The Hall–Kier alpha value is -3.52. The number of nitrogens with one attached hydrogen (secondary N) is 2. The van der Waals surface area contributed by atoms with Crippen LogP contribution in [0.3, 0.4) is 0 Å². The summed E-state index contributed by atoms with van der Waals surface area (Å²) in [6, 6.07) is 18.4. The molecule has 7 nitrogen and oxygen atoms in total. The highest BCUT2D eigenvalue weighted by Gasteiger charge is 2.18. The van der Waals surface area contributed by atoms with E-state index < -0.39 is 16.1 Å². The van der Waals surface area contributed by atoms with Crippen molar-refractivity contribution in [2.45, 2.75) is 31.8 Å². The molecule has 2 N–H and O–H groups in total. The second kappa shape index (κ2) is 9.74. The molecule has 0 aliphatic heterocycles. The minimum absolute atomic E-state index is 0.0937. The van der Waals surface area contributed by atoms with Crippen LogP contribution in [0.5, 0.6) is 11.5 Å². The zero-order valence-electron chi connectivity index (χ0n) is 18.4. The molecule has 0 saturated heterocycles. The number of carbonyl (C=O) groups is 1. The normalized spacial score (nSPS) is 12.0. The van der Waals surface area contributed by atoms with Crippen LogP contribution < -0.4 is 19.5 Å². The van der Waals surface area contributed by atoms with Crippen LogP contribution in [0.2, 0.25) is 0 Å². The maximum atomic E-state index is 12.7. The highest BCUT2D eigenvalue weighted by atomic mass is 32.2. The van der Waals surface area contributed by atoms with Crippen molar-refractivity contribution < 1.29 is 22.7 Å².